The quantitative estimate of drug-likeness (QED) is 0.791. The van der Waals surface area contributed by atoms with Crippen LogP contribution in [-0.4, -0.2) is 30.6 Å². The molecular formula is C15H22NO4-. The number of nitrogens with one attached hydrogen (secondary N) is 1. The van der Waals surface area contributed by atoms with Gasteiger partial charge in [0.25, 0.3) is 0 Å². The molecule has 0 radical (unpaired) electrons. The van der Waals surface area contributed by atoms with Crippen molar-refractivity contribution in [2.75, 3.05) is 6.61 Å². The molecule has 3 rings (SSSR count). The zero-order chi connectivity index (χ0) is 14.3. The normalized spacial score (nSPS) is 40.8. The van der Waals surface area contributed by atoms with Gasteiger partial charge in [-0.3, -0.25) is 4.79 Å². The molecule has 20 heavy (non-hydrogen) atoms. The van der Waals surface area contributed by atoms with Gasteiger partial charge in [0.15, 0.2) is 0 Å². The van der Waals surface area contributed by atoms with Crippen molar-refractivity contribution in [3.8, 4) is 0 Å². The van der Waals surface area contributed by atoms with E-state index in [0.29, 0.717) is 0 Å². The Morgan fingerprint density at radius 1 is 1.20 bits per heavy atom. The van der Waals surface area contributed by atoms with Gasteiger partial charge in [-0.1, -0.05) is 0 Å². The number of carbonyl (C=O) groups is 2. The molecule has 3 aliphatic rings. The van der Waals surface area contributed by atoms with Crippen LogP contribution >= 0.6 is 0 Å². The number of amides is 1. The van der Waals surface area contributed by atoms with Gasteiger partial charge in [-0.2, -0.15) is 0 Å². The number of aliphatic carboxylic acids is 1. The molecule has 1 amide bonds. The molecule has 112 valence electrons. The van der Waals surface area contributed by atoms with Crippen LogP contribution in [0.5, 0.6) is 0 Å². The van der Waals surface area contributed by atoms with Crippen LogP contribution in [0.15, 0.2) is 0 Å². The Bertz CT molecular complexity index is 405. The molecule has 2 bridgehead atoms. The third-order valence-electron chi connectivity index (χ3n) is 5.38. The van der Waals surface area contributed by atoms with E-state index in [-0.39, 0.29) is 29.9 Å². The molecule has 6 atom stereocenters. The number of hydrogen-bond donors (Lipinski definition) is 1. The van der Waals surface area contributed by atoms with Crippen molar-refractivity contribution in [2.45, 2.75) is 51.2 Å². The fraction of sp³-hybridized carbons (Fsp3) is 0.867. The molecule has 1 N–H and O–H groups in total. The average Bonchev–Trinajstić information content (AvgIpc) is 3.13. The van der Waals surface area contributed by atoms with Crippen molar-refractivity contribution < 1.29 is 19.4 Å². The highest BCUT2D eigenvalue weighted by Gasteiger charge is 2.51. The summed E-state index contributed by atoms with van der Waals surface area (Å²) < 4.78 is 5.57. The summed E-state index contributed by atoms with van der Waals surface area (Å²) in [5.41, 5.74) is 0. The topological polar surface area (TPSA) is 78.5 Å². The van der Waals surface area contributed by atoms with E-state index in [0.717, 1.165) is 38.7 Å². The van der Waals surface area contributed by atoms with Gasteiger partial charge in [-0.05, 0) is 50.9 Å². The zero-order valence-corrected chi connectivity index (χ0v) is 11.8. The number of ether oxygens (including phenoxy) is 1. The Morgan fingerprint density at radius 3 is 2.50 bits per heavy atom. The average molecular weight is 280 g/mol. The summed E-state index contributed by atoms with van der Waals surface area (Å²) in [6.45, 7) is 2.69. The van der Waals surface area contributed by atoms with E-state index in [1.54, 1.807) is 0 Å². The lowest BCUT2D eigenvalue weighted by Gasteiger charge is -2.32. The predicted molar refractivity (Wildman–Crippen MR) is 69.4 cm³/mol. The molecule has 0 aromatic carbocycles. The first-order valence-electron chi connectivity index (χ1n) is 7.70. The standard InChI is InChI=1S/C15H23NO4/c1-8(11-3-2-6-20-11)16-14(17)12-9-4-5-10(7-9)13(12)15(18)19/h8-13H,2-7H2,1H3,(H,16,17)(H,18,19)/p-1/t8-,9+,10-,11-,12+,13-/m0/s1. The lowest BCUT2D eigenvalue weighted by molar-refractivity contribution is -0.314. The van der Waals surface area contributed by atoms with Crippen molar-refractivity contribution in [3.63, 3.8) is 0 Å². The van der Waals surface area contributed by atoms with Gasteiger partial charge in [-0.25, -0.2) is 0 Å². The molecule has 0 aromatic rings. The van der Waals surface area contributed by atoms with Crippen LogP contribution in [-0.2, 0) is 14.3 Å². The molecule has 5 nitrogen and oxygen atoms in total. The minimum Gasteiger partial charge on any atom is -0.550 e. The van der Waals surface area contributed by atoms with Crippen LogP contribution in [0.2, 0.25) is 0 Å². The molecule has 0 aromatic heterocycles. The van der Waals surface area contributed by atoms with Gasteiger partial charge in [0, 0.05) is 24.4 Å². The van der Waals surface area contributed by atoms with E-state index < -0.39 is 17.8 Å². The molecule has 0 spiro atoms. The van der Waals surface area contributed by atoms with Crippen LogP contribution in [0, 0.1) is 23.7 Å². The molecule has 2 saturated carbocycles. The number of rotatable bonds is 4. The molecule has 0 unspecified atom stereocenters. The largest absolute Gasteiger partial charge is 0.550 e. The maximum atomic E-state index is 12.5. The Kier molecular flexibility index (Phi) is 3.71. The van der Waals surface area contributed by atoms with Gasteiger partial charge < -0.3 is 20.0 Å². The SMILES string of the molecule is C[C@H](NC(=O)[C@@H]1[C@@H]2CC[C@@H](C2)[C@@H]1C(=O)[O-])[C@@H]1CCCO1. The number of carbonyl (C=O) groups excluding carboxylic acids is 2. The Hall–Kier alpha value is -1.10. The van der Waals surface area contributed by atoms with Gasteiger partial charge in [0.1, 0.15) is 0 Å². The van der Waals surface area contributed by atoms with Gasteiger partial charge in [-0.15, -0.1) is 0 Å². The molecule has 5 heteroatoms. The first kappa shape index (κ1) is 13.9. The van der Waals surface area contributed by atoms with E-state index in [2.05, 4.69) is 5.32 Å². The number of carboxylic acids is 1. The Labute approximate surface area is 119 Å². The van der Waals surface area contributed by atoms with Crippen LogP contribution < -0.4 is 10.4 Å². The second kappa shape index (κ2) is 5.35. The number of carboxylic acid groups (broad SMARTS) is 1. The molecule has 1 saturated heterocycles. The first-order valence-corrected chi connectivity index (χ1v) is 7.70. The summed E-state index contributed by atoms with van der Waals surface area (Å²) in [4.78, 5) is 23.8. The van der Waals surface area contributed by atoms with Crippen molar-refractivity contribution in [2.24, 2.45) is 23.7 Å². The van der Waals surface area contributed by atoms with Gasteiger partial charge in [0.05, 0.1) is 12.1 Å². The summed E-state index contributed by atoms with van der Waals surface area (Å²) >= 11 is 0. The smallest absolute Gasteiger partial charge is 0.224 e. The minimum atomic E-state index is -1.05. The van der Waals surface area contributed by atoms with Gasteiger partial charge >= 0.3 is 0 Å². The van der Waals surface area contributed by atoms with Crippen LogP contribution in [0.1, 0.15) is 39.0 Å². The van der Waals surface area contributed by atoms with E-state index in [4.69, 9.17) is 4.74 Å². The Morgan fingerprint density at radius 2 is 1.90 bits per heavy atom. The fourth-order valence-corrected chi connectivity index (χ4v) is 4.42. The minimum absolute atomic E-state index is 0.0495. The molecule has 1 aliphatic heterocycles. The summed E-state index contributed by atoms with van der Waals surface area (Å²) in [6, 6.07) is -0.0495. The molecule has 3 fully saturated rings. The first-order chi connectivity index (χ1) is 9.58. The summed E-state index contributed by atoms with van der Waals surface area (Å²) in [5.74, 6) is -1.80. The molecular weight excluding hydrogens is 258 g/mol. The summed E-state index contributed by atoms with van der Waals surface area (Å²) in [5, 5.41) is 14.3. The van der Waals surface area contributed by atoms with Crippen molar-refractivity contribution in [1.29, 1.82) is 0 Å². The third kappa shape index (κ3) is 2.32. The van der Waals surface area contributed by atoms with E-state index in [1.807, 2.05) is 6.92 Å². The van der Waals surface area contributed by atoms with Crippen molar-refractivity contribution >= 4 is 11.9 Å². The summed E-state index contributed by atoms with van der Waals surface area (Å²) in [7, 11) is 0. The lowest BCUT2D eigenvalue weighted by Crippen LogP contribution is -2.49. The van der Waals surface area contributed by atoms with E-state index in [1.165, 1.54) is 0 Å². The lowest BCUT2D eigenvalue weighted by atomic mass is 9.78. The fourth-order valence-electron chi connectivity index (χ4n) is 4.42. The molecule has 1 heterocycles. The maximum absolute atomic E-state index is 12.5. The van der Waals surface area contributed by atoms with Crippen LogP contribution in [0.3, 0.4) is 0 Å². The highest BCUT2D eigenvalue weighted by Crippen LogP contribution is 2.52. The second-order valence-electron chi connectivity index (χ2n) is 6.55. The van der Waals surface area contributed by atoms with Crippen LogP contribution in [0.25, 0.3) is 0 Å². The highest BCUT2D eigenvalue weighted by molar-refractivity contribution is 5.85. The molecule has 2 aliphatic carbocycles. The monoisotopic (exact) mass is 280 g/mol. The van der Waals surface area contributed by atoms with Crippen molar-refractivity contribution in [3.05, 3.63) is 0 Å². The highest BCUT2D eigenvalue weighted by atomic mass is 16.5. The van der Waals surface area contributed by atoms with E-state index in [9.17, 15) is 14.7 Å². The predicted octanol–water partition coefficient (Wildman–Crippen LogP) is 0.0823. The maximum Gasteiger partial charge on any atom is 0.224 e. The number of fused-ring (bicyclic) bond motifs is 2. The van der Waals surface area contributed by atoms with Crippen molar-refractivity contribution in [1.82, 2.24) is 5.32 Å². The van der Waals surface area contributed by atoms with Crippen LogP contribution in [0.4, 0.5) is 0 Å². The summed E-state index contributed by atoms with van der Waals surface area (Å²) in [6.07, 6.45) is 4.82. The van der Waals surface area contributed by atoms with Gasteiger partial charge in [0.2, 0.25) is 5.91 Å². The van der Waals surface area contributed by atoms with E-state index >= 15 is 0 Å². The zero-order valence-electron chi connectivity index (χ0n) is 11.8. The third-order valence-corrected chi connectivity index (χ3v) is 5.38. The second-order valence-corrected chi connectivity index (χ2v) is 6.55. The number of hydrogen-bond acceptors (Lipinski definition) is 4. The Balaban J connectivity index is 1.65.